The molecule has 0 fully saturated rings. The molecule has 0 bridgehead atoms. The van der Waals surface area contributed by atoms with Crippen molar-refractivity contribution in [1.29, 1.82) is 0 Å². The average molecular weight is 405 g/mol. The third-order valence-electron chi connectivity index (χ3n) is 3.67. The fourth-order valence-corrected chi connectivity index (χ4v) is 2.39. The lowest BCUT2D eigenvalue weighted by Gasteiger charge is -2.24. The number of hydrazone groups is 1. The molecule has 0 aromatic heterocycles. The summed E-state index contributed by atoms with van der Waals surface area (Å²) in [5, 5.41) is 21.1. The molecule has 0 atom stereocenters. The van der Waals surface area contributed by atoms with Crippen molar-refractivity contribution in [3.8, 4) is 0 Å². The van der Waals surface area contributed by atoms with E-state index in [1.807, 2.05) is 0 Å². The number of amides is 1. The Bertz CT molecular complexity index is 743. The molecule has 0 aliphatic carbocycles. The van der Waals surface area contributed by atoms with Gasteiger partial charge in [-0.15, -0.1) is 4.85 Å². The zero-order valence-corrected chi connectivity index (χ0v) is 14.5. The number of carboxylic acid groups (broad SMARTS) is 1. The molecule has 28 heavy (non-hydrogen) atoms. The third-order valence-corrected chi connectivity index (χ3v) is 3.67. The maximum absolute atomic E-state index is 13.3. The van der Waals surface area contributed by atoms with Crippen LogP contribution >= 0.6 is 0 Å². The summed E-state index contributed by atoms with van der Waals surface area (Å²) in [6.45, 7) is -0.639. The first kappa shape index (κ1) is 21.2. The summed E-state index contributed by atoms with van der Waals surface area (Å²) in [5.74, 6) is 2.41. The van der Waals surface area contributed by atoms with E-state index in [1.165, 1.54) is 0 Å². The van der Waals surface area contributed by atoms with Gasteiger partial charge in [0, 0.05) is 11.5 Å². The number of ether oxygens (including phenoxy) is 1. The molecule has 1 aliphatic rings. The van der Waals surface area contributed by atoms with Crippen molar-refractivity contribution in [3.05, 3.63) is 41.1 Å². The second-order valence-corrected chi connectivity index (χ2v) is 5.71. The SMILES string of the molecule is NN1N(CCCCC(=O)O)N(C(=O)OCc2ccccc2)C(C(F)(F)F)=[N+]1[O-]. The molecular weight excluding hydrogens is 387 g/mol. The fourth-order valence-electron chi connectivity index (χ4n) is 2.39. The number of hydrazine groups is 4. The molecule has 1 aromatic rings. The van der Waals surface area contributed by atoms with Crippen molar-refractivity contribution >= 4 is 17.9 Å². The van der Waals surface area contributed by atoms with Gasteiger partial charge in [0.1, 0.15) is 6.61 Å². The Morgan fingerprint density at radius 1 is 1.21 bits per heavy atom. The minimum Gasteiger partial charge on any atom is -0.690 e. The first-order valence-electron chi connectivity index (χ1n) is 8.09. The zero-order valence-electron chi connectivity index (χ0n) is 14.5. The molecule has 0 spiro atoms. The van der Waals surface area contributed by atoms with Crippen LogP contribution in [-0.2, 0) is 16.1 Å². The maximum atomic E-state index is 13.3. The van der Waals surface area contributed by atoms with E-state index in [9.17, 15) is 28.0 Å². The van der Waals surface area contributed by atoms with Crippen molar-refractivity contribution in [1.82, 2.24) is 15.4 Å². The number of carbonyl (C=O) groups excluding carboxylic acids is 1. The number of hydrogen-bond acceptors (Lipinski definition) is 7. The molecule has 0 radical (unpaired) electrons. The van der Waals surface area contributed by atoms with Crippen LogP contribution in [0.1, 0.15) is 24.8 Å². The highest BCUT2D eigenvalue weighted by atomic mass is 19.4. The van der Waals surface area contributed by atoms with Crippen LogP contribution in [0.5, 0.6) is 0 Å². The van der Waals surface area contributed by atoms with Gasteiger partial charge in [-0.25, -0.2) is 0 Å². The van der Waals surface area contributed by atoms with Gasteiger partial charge in [-0.1, -0.05) is 35.6 Å². The summed E-state index contributed by atoms with van der Waals surface area (Å²) in [4.78, 5) is 22.2. The summed E-state index contributed by atoms with van der Waals surface area (Å²) in [6.07, 6.45) is -6.72. The fraction of sp³-hybridized carbons (Fsp3) is 0.400. The molecule has 3 N–H and O–H groups in total. The van der Waals surface area contributed by atoms with Crippen LogP contribution in [-0.4, -0.2) is 55.9 Å². The van der Waals surface area contributed by atoms with Gasteiger partial charge in [-0.05, 0) is 23.4 Å². The second-order valence-electron chi connectivity index (χ2n) is 5.71. The first-order valence-corrected chi connectivity index (χ1v) is 8.09. The van der Waals surface area contributed by atoms with Gasteiger partial charge in [0.25, 0.3) is 0 Å². The van der Waals surface area contributed by atoms with E-state index in [0.29, 0.717) is 10.7 Å². The Kier molecular flexibility index (Phi) is 6.64. The van der Waals surface area contributed by atoms with E-state index < -0.39 is 28.9 Å². The second kappa shape index (κ2) is 8.75. The Balaban J connectivity index is 2.16. The average Bonchev–Trinajstić information content (AvgIpc) is 2.88. The molecular formula is C15H18F3N5O5. The van der Waals surface area contributed by atoms with Gasteiger partial charge in [-0.2, -0.15) is 23.8 Å². The van der Waals surface area contributed by atoms with Crippen LogP contribution in [0.3, 0.4) is 0 Å². The molecule has 1 heterocycles. The number of carbonyl (C=O) groups is 2. The summed E-state index contributed by atoms with van der Waals surface area (Å²) in [6, 6.07) is 8.22. The van der Waals surface area contributed by atoms with Crippen molar-refractivity contribution in [2.75, 3.05) is 6.54 Å². The number of hydrogen-bond donors (Lipinski definition) is 2. The number of alkyl halides is 3. The van der Waals surface area contributed by atoms with Gasteiger partial charge in [0.15, 0.2) is 0 Å². The van der Waals surface area contributed by atoms with Crippen molar-refractivity contribution in [2.24, 2.45) is 5.84 Å². The standard InChI is InChI=1S/C15H18F3N5O5/c16-15(17,18)13-21(14(26)28-10-11-6-2-1-3-7-11)20(23(19)22(13)27)9-5-4-8-12(24)25/h1-3,6-7H,4-5,8-10,19H2,(H,24,25). The highest BCUT2D eigenvalue weighted by Gasteiger charge is 2.60. The Labute approximate surface area is 157 Å². The Morgan fingerprint density at radius 3 is 2.43 bits per heavy atom. The van der Waals surface area contributed by atoms with E-state index in [1.54, 1.807) is 30.3 Å². The number of carboxylic acids is 1. The number of amidine groups is 1. The number of aliphatic carboxylic acids is 1. The summed E-state index contributed by atoms with van der Waals surface area (Å²) < 4.78 is 44.8. The molecule has 1 amide bonds. The van der Waals surface area contributed by atoms with E-state index in [-0.39, 0.29) is 42.6 Å². The van der Waals surface area contributed by atoms with Crippen LogP contribution in [0.15, 0.2) is 30.3 Å². The number of nitrogens with zero attached hydrogens (tertiary/aromatic N) is 4. The lowest BCUT2D eigenvalue weighted by atomic mass is 10.2. The first-order chi connectivity index (χ1) is 13.1. The number of nitrogens with two attached hydrogens (primary N) is 1. The molecule has 1 aliphatic heterocycles. The van der Waals surface area contributed by atoms with E-state index in [0.717, 1.165) is 0 Å². The van der Waals surface area contributed by atoms with Gasteiger partial charge >= 0.3 is 24.1 Å². The van der Waals surface area contributed by atoms with E-state index in [4.69, 9.17) is 15.7 Å². The van der Waals surface area contributed by atoms with Crippen LogP contribution in [0.4, 0.5) is 18.0 Å². The molecule has 2 rings (SSSR count). The highest BCUT2D eigenvalue weighted by Crippen LogP contribution is 2.27. The van der Waals surface area contributed by atoms with Crippen LogP contribution in [0.2, 0.25) is 0 Å². The molecule has 13 heteroatoms. The van der Waals surface area contributed by atoms with Gasteiger partial charge in [0.05, 0.1) is 6.54 Å². The third kappa shape index (κ3) is 5.01. The van der Waals surface area contributed by atoms with Gasteiger partial charge in [-0.3, -0.25) is 4.79 Å². The summed E-state index contributed by atoms with van der Waals surface area (Å²) in [7, 11) is 0. The van der Waals surface area contributed by atoms with E-state index >= 15 is 0 Å². The van der Waals surface area contributed by atoms with E-state index in [2.05, 4.69) is 0 Å². The van der Waals surface area contributed by atoms with Gasteiger partial charge < -0.3 is 15.1 Å². The quantitative estimate of drug-likeness (QED) is 0.303. The topological polar surface area (TPSA) is 125 Å². The zero-order chi connectivity index (χ0) is 20.9. The van der Waals surface area contributed by atoms with Crippen LogP contribution in [0.25, 0.3) is 0 Å². The number of unbranched alkanes of at least 4 members (excludes halogenated alkanes) is 1. The summed E-state index contributed by atoms with van der Waals surface area (Å²) in [5.41, 5.74) is 0.528. The van der Waals surface area contributed by atoms with Crippen molar-refractivity contribution < 1.29 is 37.5 Å². The molecule has 1 aromatic carbocycles. The largest absolute Gasteiger partial charge is 0.690 e. The van der Waals surface area contributed by atoms with Crippen molar-refractivity contribution in [3.63, 3.8) is 0 Å². The van der Waals surface area contributed by atoms with Crippen LogP contribution < -0.4 is 5.84 Å². The minimum atomic E-state index is -5.19. The summed E-state index contributed by atoms with van der Waals surface area (Å²) >= 11 is 0. The lowest BCUT2D eigenvalue weighted by Crippen LogP contribution is -2.55. The maximum Gasteiger partial charge on any atom is 0.528 e. The van der Waals surface area contributed by atoms with Crippen LogP contribution in [0, 0.1) is 5.21 Å². The molecule has 0 saturated heterocycles. The smallest absolute Gasteiger partial charge is 0.528 e. The van der Waals surface area contributed by atoms with Crippen molar-refractivity contribution in [2.45, 2.75) is 32.0 Å². The minimum absolute atomic E-state index is 0.00327. The predicted molar refractivity (Wildman–Crippen MR) is 87.4 cm³/mol. The highest BCUT2D eigenvalue weighted by molar-refractivity contribution is 5.95. The predicted octanol–water partition coefficient (Wildman–Crippen LogP) is 1.59. The monoisotopic (exact) mass is 405 g/mol. The molecule has 0 unspecified atom stereocenters. The molecule has 0 saturated carbocycles. The lowest BCUT2D eigenvalue weighted by molar-refractivity contribution is -0.676. The Morgan fingerprint density at radius 2 is 1.86 bits per heavy atom. The van der Waals surface area contributed by atoms with Gasteiger partial charge in [0.2, 0.25) is 0 Å². The number of halogens is 3. The normalized spacial score (nSPS) is 15.3. The Hall–Kier alpha value is -3.06. The molecule has 10 nitrogen and oxygen atoms in total. The molecule has 154 valence electrons. The number of rotatable bonds is 7. The number of benzene rings is 1.